The number of carbonyl (C=O) groups is 1. The Kier molecular flexibility index (Phi) is 3.76. The molecule has 0 bridgehead atoms. The van der Waals surface area contributed by atoms with Gasteiger partial charge in [0.1, 0.15) is 17.1 Å². The molecular weight excluding hydrogens is 279 g/mol. The molecule has 0 radical (unpaired) electrons. The Morgan fingerprint density at radius 2 is 2.10 bits per heavy atom. The molecule has 1 heterocycles. The first kappa shape index (κ1) is 14.5. The predicted octanol–water partition coefficient (Wildman–Crippen LogP) is 3.49. The largest absolute Gasteiger partial charge is 0.456 e. The molecule has 0 spiro atoms. The number of rotatable bonds is 2. The van der Waals surface area contributed by atoms with E-state index in [2.05, 4.69) is 4.37 Å². The van der Waals surface area contributed by atoms with Gasteiger partial charge in [0.05, 0.1) is 5.69 Å². The lowest BCUT2D eigenvalue weighted by atomic mass is 10.1. The fourth-order valence-corrected chi connectivity index (χ4v) is 2.31. The first-order valence-electron chi connectivity index (χ1n) is 6.02. The Balaban J connectivity index is 2.34. The molecule has 0 amide bonds. The predicted molar refractivity (Wildman–Crippen MR) is 77.1 cm³/mol. The number of hydrogen-bond acceptors (Lipinski definition) is 5. The number of nitrogen functional groups attached to an aromatic ring is 1. The third-order valence-electron chi connectivity index (χ3n) is 2.41. The minimum atomic E-state index is -0.605. The molecule has 1 aromatic carbocycles. The van der Waals surface area contributed by atoms with Gasteiger partial charge in [0.2, 0.25) is 0 Å². The molecule has 0 fully saturated rings. The number of nitrogens with two attached hydrogens (primary N) is 1. The van der Waals surface area contributed by atoms with Crippen LogP contribution in [0, 0.1) is 5.82 Å². The van der Waals surface area contributed by atoms with Crippen LogP contribution in [-0.4, -0.2) is 15.9 Å². The lowest BCUT2D eigenvalue weighted by molar-refractivity contribution is 0.00764. The van der Waals surface area contributed by atoms with Gasteiger partial charge in [-0.1, -0.05) is 12.1 Å². The van der Waals surface area contributed by atoms with Crippen LogP contribution in [0.5, 0.6) is 0 Å². The van der Waals surface area contributed by atoms with Crippen molar-refractivity contribution < 1.29 is 13.9 Å². The highest BCUT2D eigenvalue weighted by molar-refractivity contribution is 7.09. The van der Waals surface area contributed by atoms with E-state index < -0.39 is 11.6 Å². The maximum atomic E-state index is 13.2. The molecule has 0 saturated carbocycles. The number of carbonyl (C=O) groups excluding carboxylic acids is 1. The maximum absolute atomic E-state index is 13.2. The van der Waals surface area contributed by atoms with Crippen LogP contribution in [0.2, 0.25) is 0 Å². The summed E-state index contributed by atoms with van der Waals surface area (Å²) in [5.41, 5.74) is 6.48. The van der Waals surface area contributed by atoms with Crippen LogP contribution in [0.25, 0.3) is 11.3 Å². The summed E-state index contributed by atoms with van der Waals surface area (Å²) in [5.74, 6) is -0.899. The molecule has 0 aliphatic carbocycles. The van der Waals surface area contributed by atoms with Crippen molar-refractivity contribution in [3.8, 4) is 11.3 Å². The van der Waals surface area contributed by atoms with Gasteiger partial charge in [-0.3, -0.25) is 0 Å². The molecular formula is C14H15FN2O2S. The smallest absolute Gasteiger partial charge is 0.352 e. The van der Waals surface area contributed by atoms with Gasteiger partial charge in [0.15, 0.2) is 4.88 Å². The Labute approximate surface area is 120 Å². The Bertz CT molecular complexity index is 647. The molecule has 0 atom stereocenters. The zero-order chi connectivity index (χ0) is 14.9. The minimum Gasteiger partial charge on any atom is -0.456 e. The fourth-order valence-electron chi connectivity index (χ4n) is 1.61. The minimum absolute atomic E-state index is 0.217. The molecule has 106 valence electrons. The summed E-state index contributed by atoms with van der Waals surface area (Å²) in [6, 6.07) is 5.91. The first-order valence-corrected chi connectivity index (χ1v) is 6.80. The first-order chi connectivity index (χ1) is 9.28. The van der Waals surface area contributed by atoms with Crippen molar-refractivity contribution in [2.75, 3.05) is 5.73 Å². The monoisotopic (exact) mass is 294 g/mol. The van der Waals surface area contributed by atoms with E-state index in [1.807, 2.05) is 0 Å². The van der Waals surface area contributed by atoms with Crippen LogP contribution < -0.4 is 5.73 Å². The highest BCUT2D eigenvalue weighted by Gasteiger charge is 2.24. The second-order valence-corrected chi connectivity index (χ2v) is 6.06. The van der Waals surface area contributed by atoms with E-state index in [-0.39, 0.29) is 16.4 Å². The quantitative estimate of drug-likeness (QED) is 0.861. The van der Waals surface area contributed by atoms with Crippen molar-refractivity contribution in [1.29, 1.82) is 0 Å². The van der Waals surface area contributed by atoms with E-state index >= 15 is 0 Å². The van der Waals surface area contributed by atoms with Crippen LogP contribution in [0.3, 0.4) is 0 Å². The number of ether oxygens (including phenoxy) is 1. The van der Waals surface area contributed by atoms with Gasteiger partial charge in [-0.2, -0.15) is 4.37 Å². The molecule has 0 aliphatic heterocycles. The molecule has 6 heteroatoms. The number of halogens is 1. The van der Waals surface area contributed by atoms with Gasteiger partial charge in [-0.15, -0.1) is 0 Å². The zero-order valence-corrected chi connectivity index (χ0v) is 12.3. The number of hydrogen-bond donors (Lipinski definition) is 1. The lowest BCUT2D eigenvalue weighted by Gasteiger charge is -2.18. The average molecular weight is 294 g/mol. The number of benzene rings is 1. The number of esters is 1. The van der Waals surface area contributed by atoms with Gasteiger partial charge in [0, 0.05) is 5.56 Å². The summed E-state index contributed by atoms with van der Waals surface area (Å²) < 4.78 is 22.6. The van der Waals surface area contributed by atoms with E-state index in [1.165, 1.54) is 12.1 Å². The van der Waals surface area contributed by atoms with Crippen molar-refractivity contribution in [1.82, 2.24) is 4.37 Å². The second kappa shape index (κ2) is 5.20. The molecule has 1 aromatic heterocycles. The van der Waals surface area contributed by atoms with Crippen LogP contribution in [0.1, 0.15) is 30.4 Å². The Morgan fingerprint density at radius 1 is 1.40 bits per heavy atom. The van der Waals surface area contributed by atoms with Crippen molar-refractivity contribution in [2.24, 2.45) is 0 Å². The molecule has 0 saturated heterocycles. The van der Waals surface area contributed by atoms with E-state index in [1.54, 1.807) is 32.9 Å². The van der Waals surface area contributed by atoms with E-state index in [4.69, 9.17) is 10.5 Å². The van der Waals surface area contributed by atoms with Gasteiger partial charge in [0.25, 0.3) is 0 Å². The Morgan fingerprint density at radius 3 is 2.70 bits per heavy atom. The highest BCUT2D eigenvalue weighted by atomic mass is 32.1. The van der Waals surface area contributed by atoms with Gasteiger partial charge in [-0.05, 0) is 44.4 Å². The molecule has 20 heavy (non-hydrogen) atoms. The molecule has 2 aromatic rings. The van der Waals surface area contributed by atoms with Crippen molar-refractivity contribution in [2.45, 2.75) is 26.4 Å². The SMILES string of the molecule is CC(C)(C)OC(=O)c1snc(-c2cccc(F)c2)c1N. The summed E-state index contributed by atoms with van der Waals surface area (Å²) >= 11 is 0.954. The van der Waals surface area contributed by atoms with Gasteiger partial charge < -0.3 is 10.5 Å². The normalized spacial score (nSPS) is 11.4. The van der Waals surface area contributed by atoms with Crippen LogP contribution in [0.4, 0.5) is 10.1 Å². The molecule has 2 N–H and O–H groups in total. The average Bonchev–Trinajstić information content (AvgIpc) is 2.69. The van der Waals surface area contributed by atoms with Gasteiger partial charge >= 0.3 is 5.97 Å². The summed E-state index contributed by atoms with van der Waals surface area (Å²) in [6.45, 7) is 5.32. The maximum Gasteiger partial charge on any atom is 0.352 e. The number of nitrogens with zero attached hydrogens (tertiary/aromatic N) is 1. The third-order valence-corrected chi connectivity index (χ3v) is 3.25. The Hall–Kier alpha value is -1.95. The second-order valence-electron chi connectivity index (χ2n) is 5.29. The van der Waals surface area contributed by atoms with Crippen molar-refractivity contribution in [3.63, 3.8) is 0 Å². The lowest BCUT2D eigenvalue weighted by Crippen LogP contribution is -2.23. The molecule has 2 rings (SSSR count). The van der Waals surface area contributed by atoms with Crippen LogP contribution in [0.15, 0.2) is 24.3 Å². The molecule has 4 nitrogen and oxygen atoms in total. The summed E-state index contributed by atoms with van der Waals surface area (Å²) in [7, 11) is 0. The van der Waals surface area contributed by atoms with Crippen molar-refractivity contribution >= 4 is 23.2 Å². The highest BCUT2D eigenvalue weighted by Crippen LogP contribution is 2.32. The number of aromatic nitrogens is 1. The number of anilines is 1. The van der Waals surface area contributed by atoms with E-state index in [0.29, 0.717) is 11.3 Å². The summed E-state index contributed by atoms with van der Waals surface area (Å²) in [4.78, 5) is 12.2. The summed E-state index contributed by atoms with van der Waals surface area (Å²) in [6.07, 6.45) is 0. The molecule has 0 aliphatic rings. The summed E-state index contributed by atoms with van der Waals surface area (Å²) in [5, 5.41) is 0. The van der Waals surface area contributed by atoms with Gasteiger partial charge in [-0.25, -0.2) is 9.18 Å². The topological polar surface area (TPSA) is 65.2 Å². The van der Waals surface area contributed by atoms with E-state index in [9.17, 15) is 9.18 Å². The van der Waals surface area contributed by atoms with Crippen LogP contribution in [-0.2, 0) is 4.74 Å². The van der Waals surface area contributed by atoms with Crippen LogP contribution >= 0.6 is 11.5 Å². The fraction of sp³-hybridized carbons (Fsp3) is 0.286. The standard InChI is InChI=1S/C14H15FN2O2S/c1-14(2,3)19-13(18)12-10(16)11(17-20-12)8-5-4-6-9(15)7-8/h4-7H,16H2,1-3H3. The third kappa shape index (κ3) is 3.14. The molecule has 0 unspecified atom stereocenters. The van der Waals surface area contributed by atoms with E-state index in [0.717, 1.165) is 11.5 Å². The van der Waals surface area contributed by atoms with Crippen molar-refractivity contribution in [3.05, 3.63) is 35.0 Å². The zero-order valence-electron chi connectivity index (χ0n) is 11.4.